The van der Waals surface area contributed by atoms with Gasteiger partial charge in [-0.1, -0.05) is 23.2 Å². The van der Waals surface area contributed by atoms with E-state index in [1.54, 1.807) is 24.4 Å². The second kappa shape index (κ2) is 7.71. The summed E-state index contributed by atoms with van der Waals surface area (Å²) in [5.74, 6) is -0.303. The van der Waals surface area contributed by atoms with Crippen molar-refractivity contribution in [1.82, 2.24) is 4.98 Å². The van der Waals surface area contributed by atoms with Gasteiger partial charge in [0, 0.05) is 35.2 Å². The van der Waals surface area contributed by atoms with Gasteiger partial charge in [0.25, 0.3) is 5.91 Å². The molecular weight excluding hydrogens is 437 g/mol. The van der Waals surface area contributed by atoms with Crippen molar-refractivity contribution in [2.45, 2.75) is 31.9 Å². The summed E-state index contributed by atoms with van der Waals surface area (Å²) in [5, 5.41) is 16.7. The Bertz CT molecular complexity index is 1280. The highest BCUT2D eigenvalue weighted by atomic mass is 35.5. The third-order valence-electron chi connectivity index (χ3n) is 5.52. The Hall–Kier alpha value is -2.80. The fourth-order valence-electron chi connectivity index (χ4n) is 3.94. The van der Waals surface area contributed by atoms with Gasteiger partial charge < -0.3 is 20.2 Å². The van der Waals surface area contributed by atoms with E-state index in [0.29, 0.717) is 50.9 Å². The summed E-state index contributed by atoms with van der Waals surface area (Å²) in [6.07, 6.45) is 2.83. The Balaban J connectivity index is 1.54. The molecule has 8 heteroatoms. The minimum atomic E-state index is -0.303. The van der Waals surface area contributed by atoms with Crippen LogP contribution in [-0.4, -0.2) is 28.1 Å². The molecule has 1 fully saturated rings. The number of carbonyl (C=O) groups is 1. The van der Waals surface area contributed by atoms with Crippen LogP contribution in [0.15, 0.2) is 47.0 Å². The number of anilines is 2. The molecule has 0 spiro atoms. The zero-order valence-electron chi connectivity index (χ0n) is 16.6. The Morgan fingerprint density at radius 3 is 2.68 bits per heavy atom. The largest absolute Gasteiger partial charge is 0.454 e. The van der Waals surface area contributed by atoms with Gasteiger partial charge in [-0.25, -0.2) is 0 Å². The smallest absolute Gasteiger partial charge is 0.260 e. The van der Waals surface area contributed by atoms with Crippen molar-refractivity contribution in [1.29, 1.82) is 0 Å². The Morgan fingerprint density at radius 2 is 1.97 bits per heavy atom. The van der Waals surface area contributed by atoms with Crippen molar-refractivity contribution in [3.63, 3.8) is 0 Å². The van der Waals surface area contributed by atoms with E-state index in [1.807, 2.05) is 25.1 Å². The number of hydrogen-bond acceptors (Lipinski definition) is 5. The van der Waals surface area contributed by atoms with Crippen LogP contribution in [0.1, 0.15) is 28.9 Å². The molecule has 3 heterocycles. The summed E-state index contributed by atoms with van der Waals surface area (Å²) in [7, 11) is 0. The highest BCUT2D eigenvalue weighted by molar-refractivity contribution is 6.42. The number of amides is 1. The molecule has 2 bridgehead atoms. The van der Waals surface area contributed by atoms with E-state index >= 15 is 0 Å². The number of halogens is 2. The van der Waals surface area contributed by atoms with E-state index in [-0.39, 0.29) is 18.1 Å². The molecule has 31 heavy (non-hydrogen) atoms. The monoisotopic (exact) mass is 455 g/mol. The molecule has 3 N–H and O–H groups in total. The summed E-state index contributed by atoms with van der Waals surface area (Å²) in [6, 6.07) is 10.7. The van der Waals surface area contributed by atoms with E-state index in [2.05, 4.69) is 15.6 Å². The first-order chi connectivity index (χ1) is 14.9. The van der Waals surface area contributed by atoms with Crippen molar-refractivity contribution in [2.24, 2.45) is 0 Å². The quantitative estimate of drug-likeness (QED) is 0.357. The van der Waals surface area contributed by atoms with E-state index < -0.39 is 0 Å². The topological polar surface area (TPSA) is 87.4 Å². The standard InChI is InChI=1S/C23H19Cl2N3O3/c1-11-6-12(4-5-26-11)20-21(23(30)28-13-2-3-16(24)17(25)9-13)19-10-18(22(20)31-19)27-14-7-15(29)8-14/h2-6,9-10,14-15,27,29H,7-8H2,1H3,(H,28,30)/t14-,15-. The number of aryl methyl sites for hydroxylation is 1. The number of aliphatic hydroxyl groups is 1. The average Bonchev–Trinajstić information content (AvgIpc) is 3.28. The number of fused-ring (bicyclic) bond motifs is 2. The number of nitrogens with one attached hydrogen (secondary N) is 2. The predicted octanol–water partition coefficient (Wildman–Crippen LogP) is 5.74. The third kappa shape index (κ3) is 3.71. The molecule has 3 aromatic heterocycles. The molecule has 1 aliphatic rings. The van der Waals surface area contributed by atoms with Crippen LogP contribution >= 0.6 is 23.2 Å². The normalized spacial score (nSPS) is 18.2. The minimum Gasteiger partial charge on any atom is -0.454 e. The van der Waals surface area contributed by atoms with Crippen molar-refractivity contribution >= 4 is 51.6 Å². The van der Waals surface area contributed by atoms with Gasteiger partial charge in [-0.05, 0) is 55.7 Å². The van der Waals surface area contributed by atoms with Crippen molar-refractivity contribution in [2.75, 3.05) is 10.6 Å². The van der Waals surface area contributed by atoms with Crippen molar-refractivity contribution < 1.29 is 14.3 Å². The first-order valence-electron chi connectivity index (χ1n) is 9.92. The summed E-state index contributed by atoms with van der Waals surface area (Å²) in [4.78, 5) is 17.5. The predicted molar refractivity (Wildman–Crippen MR) is 122 cm³/mol. The lowest BCUT2D eigenvalue weighted by atomic mass is 9.89. The van der Waals surface area contributed by atoms with Gasteiger partial charge in [0.2, 0.25) is 0 Å². The zero-order valence-corrected chi connectivity index (χ0v) is 18.1. The SMILES string of the molecule is Cc1cc(-c2c(C(=O)Nc3ccc(Cl)c(Cl)c3)c3cc(N[C@H]4C[C@H](O)C4)c2o3)ccn1. The van der Waals surface area contributed by atoms with Gasteiger partial charge in [-0.2, -0.15) is 0 Å². The summed E-state index contributed by atoms with van der Waals surface area (Å²) >= 11 is 12.1. The first kappa shape index (κ1) is 20.1. The Labute approximate surface area is 188 Å². The maximum absolute atomic E-state index is 13.3. The molecule has 6 nitrogen and oxygen atoms in total. The van der Waals surface area contributed by atoms with Crippen molar-refractivity contribution in [3.05, 3.63) is 63.9 Å². The summed E-state index contributed by atoms with van der Waals surface area (Å²) in [6.45, 7) is 1.90. The molecule has 4 aromatic rings. The molecule has 0 radical (unpaired) electrons. The van der Waals surface area contributed by atoms with E-state index in [0.717, 1.165) is 16.9 Å². The van der Waals surface area contributed by atoms with Crippen LogP contribution in [0.3, 0.4) is 0 Å². The summed E-state index contributed by atoms with van der Waals surface area (Å²) < 4.78 is 6.02. The Kier molecular flexibility index (Phi) is 5.01. The molecule has 1 aromatic carbocycles. The van der Waals surface area contributed by atoms with Gasteiger partial charge >= 0.3 is 0 Å². The molecule has 1 saturated carbocycles. The highest BCUT2D eigenvalue weighted by Gasteiger charge is 2.31. The molecule has 1 amide bonds. The number of aliphatic hydroxyl groups excluding tert-OH is 1. The highest BCUT2D eigenvalue weighted by Crippen LogP contribution is 2.43. The number of aromatic nitrogens is 1. The van der Waals surface area contributed by atoms with Crippen LogP contribution < -0.4 is 10.6 Å². The molecule has 0 aliphatic heterocycles. The van der Waals surface area contributed by atoms with Gasteiger partial charge in [0.05, 0.1) is 27.4 Å². The molecule has 0 saturated heterocycles. The maximum atomic E-state index is 13.3. The Morgan fingerprint density at radius 1 is 1.16 bits per heavy atom. The number of nitrogens with zero attached hydrogens (tertiary/aromatic N) is 1. The van der Waals surface area contributed by atoms with Gasteiger partial charge in [0.15, 0.2) is 5.58 Å². The summed E-state index contributed by atoms with van der Waals surface area (Å²) in [5.41, 5.74) is 5.30. The molecule has 1 aliphatic carbocycles. The van der Waals surface area contributed by atoms with Gasteiger partial charge in [-0.15, -0.1) is 0 Å². The van der Waals surface area contributed by atoms with Crippen LogP contribution in [0, 0.1) is 6.92 Å². The zero-order chi connectivity index (χ0) is 21.7. The number of pyridine rings is 1. The molecule has 5 rings (SSSR count). The van der Waals surface area contributed by atoms with Crippen molar-refractivity contribution in [3.8, 4) is 11.1 Å². The van der Waals surface area contributed by atoms with E-state index in [4.69, 9.17) is 27.6 Å². The van der Waals surface area contributed by atoms with Crippen LogP contribution in [0.2, 0.25) is 10.0 Å². The van der Waals surface area contributed by atoms with Crippen LogP contribution in [-0.2, 0) is 0 Å². The number of benzene rings is 2. The average molecular weight is 456 g/mol. The lowest BCUT2D eigenvalue weighted by molar-refractivity contribution is 0.0837. The minimum absolute atomic E-state index is 0.186. The lowest BCUT2D eigenvalue weighted by Gasteiger charge is -2.32. The fourth-order valence-corrected chi connectivity index (χ4v) is 4.24. The molecule has 158 valence electrons. The van der Waals surface area contributed by atoms with Crippen LogP contribution in [0.4, 0.5) is 11.4 Å². The molecule has 0 atom stereocenters. The lowest BCUT2D eigenvalue weighted by Crippen LogP contribution is -2.38. The number of furan rings is 2. The molecule has 0 unspecified atom stereocenters. The molecular formula is C23H19Cl2N3O3. The maximum Gasteiger partial charge on any atom is 0.260 e. The second-order valence-corrected chi connectivity index (χ2v) is 8.65. The fraction of sp³-hybridized carbons (Fsp3) is 0.217. The van der Waals surface area contributed by atoms with E-state index in [1.165, 1.54) is 0 Å². The van der Waals surface area contributed by atoms with Gasteiger partial charge in [-0.3, -0.25) is 9.78 Å². The number of hydrogen-bond donors (Lipinski definition) is 3. The second-order valence-electron chi connectivity index (χ2n) is 7.84. The van der Waals surface area contributed by atoms with Crippen LogP contribution in [0.25, 0.3) is 22.3 Å². The number of rotatable bonds is 5. The first-order valence-corrected chi connectivity index (χ1v) is 10.7. The van der Waals surface area contributed by atoms with Gasteiger partial charge in [0.1, 0.15) is 5.58 Å². The third-order valence-corrected chi connectivity index (χ3v) is 6.26. The van der Waals surface area contributed by atoms with Crippen LogP contribution in [0.5, 0.6) is 0 Å². The van der Waals surface area contributed by atoms with E-state index in [9.17, 15) is 9.90 Å². The number of carbonyl (C=O) groups excluding carboxylic acids is 1.